The monoisotopic (exact) mass is 695 g/mol. The third-order valence-electron chi connectivity index (χ3n) is 8.20. The minimum absolute atomic E-state index is 0.179. The molecule has 262 valence electrons. The molecule has 0 saturated heterocycles. The predicted octanol–water partition coefficient (Wildman–Crippen LogP) is 3.81. The Morgan fingerprint density at radius 2 is 1.61 bits per heavy atom. The summed E-state index contributed by atoms with van der Waals surface area (Å²) in [5, 5.41) is 20.6. The number of hydrazine groups is 1. The van der Waals surface area contributed by atoms with Gasteiger partial charge in [0.25, 0.3) is 11.6 Å². The summed E-state index contributed by atoms with van der Waals surface area (Å²) in [6.45, 7) is 5.06. The number of anilines is 2. The molecule has 0 unspecified atom stereocenters. The number of carbonyl (C=O) groups is 3. The van der Waals surface area contributed by atoms with Crippen molar-refractivity contribution < 1.29 is 32.5 Å². The van der Waals surface area contributed by atoms with E-state index in [2.05, 4.69) is 15.4 Å². The Kier molecular flexibility index (Phi) is 11.9. The van der Waals surface area contributed by atoms with E-state index in [4.69, 9.17) is 0 Å². The third kappa shape index (κ3) is 8.90. The van der Waals surface area contributed by atoms with Crippen molar-refractivity contribution in [2.45, 2.75) is 44.8 Å². The molecular weight excluding hydrogens is 654 g/mol. The van der Waals surface area contributed by atoms with E-state index in [9.17, 15) is 32.9 Å². The third-order valence-corrected chi connectivity index (χ3v) is 10.3. The van der Waals surface area contributed by atoms with Crippen molar-refractivity contribution in [1.29, 1.82) is 0 Å². The molecule has 0 radical (unpaired) electrons. The molecule has 1 heterocycles. The maximum absolute atomic E-state index is 13.8. The zero-order valence-corrected chi connectivity index (χ0v) is 28.9. The van der Waals surface area contributed by atoms with E-state index in [1.807, 2.05) is 36.2 Å². The second kappa shape index (κ2) is 15.9. The molecule has 3 amide bonds. The van der Waals surface area contributed by atoms with Gasteiger partial charge in [0.1, 0.15) is 6.54 Å². The fourth-order valence-corrected chi connectivity index (χ4v) is 7.20. The average Bonchev–Trinajstić information content (AvgIpc) is 3.51. The van der Waals surface area contributed by atoms with Gasteiger partial charge in [0, 0.05) is 56.7 Å². The lowest BCUT2D eigenvalue weighted by Crippen LogP contribution is -2.50. The van der Waals surface area contributed by atoms with Gasteiger partial charge in [-0.05, 0) is 55.7 Å². The number of likely N-dealkylation sites (N-methyl/N-ethyl adjacent to an activating group) is 1. The van der Waals surface area contributed by atoms with Crippen LogP contribution < -0.4 is 10.6 Å². The van der Waals surface area contributed by atoms with E-state index in [1.54, 1.807) is 39.1 Å². The number of para-hydroxylation sites is 1. The molecule has 0 atom stereocenters. The van der Waals surface area contributed by atoms with Gasteiger partial charge in [0.15, 0.2) is 4.90 Å². The zero-order valence-electron chi connectivity index (χ0n) is 28.1. The highest BCUT2D eigenvalue weighted by Gasteiger charge is 2.34. The molecule has 2 N–H and O–H groups in total. The Morgan fingerprint density at radius 1 is 0.980 bits per heavy atom. The van der Waals surface area contributed by atoms with Crippen molar-refractivity contribution in [2.75, 3.05) is 51.0 Å². The lowest BCUT2D eigenvalue weighted by atomic mass is 10.1. The molecule has 0 saturated carbocycles. The van der Waals surface area contributed by atoms with Crippen LogP contribution in [-0.4, -0.2) is 96.8 Å². The van der Waals surface area contributed by atoms with Gasteiger partial charge in [0.2, 0.25) is 15.9 Å². The highest BCUT2D eigenvalue weighted by molar-refractivity contribution is 7.89. The Labute approximate surface area is 285 Å². The van der Waals surface area contributed by atoms with Crippen LogP contribution in [0.15, 0.2) is 71.6 Å². The first-order chi connectivity index (χ1) is 23.2. The predicted molar refractivity (Wildman–Crippen MR) is 183 cm³/mol. The van der Waals surface area contributed by atoms with Crippen LogP contribution in [0, 0.1) is 17.0 Å². The number of sulfonamides is 1. The molecule has 16 heteroatoms. The van der Waals surface area contributed by atoms with Crippen LogP contribution in [0.3, 0.4) is 0 Å². The molecule has 0 bridgehead atoms. The van der Waals surface area contributed by atoms with Gasteiger partial charge in [-0.25, -0.2) is 18.2 Å². The first-order valence-electron chi connectivity index (χ1n) is 15.5. The number of amides is 3. The minimum Gasteiger partial charge on any atom is -0.453 e. The number of aryl methyl sites for hydroxylation is 1. The van der Waals surface area contributed by atoms with Crippen molar-refractivity contribution in [3.05, 3.63) is 93.5 Å². The number of hydrogen-bond donors (Lipinski definition) is 2. The first kappa shape index (κ1) is 36.8. The van der Waals surface area contributed by atoms with E-state index in [-0.39, 0.29) is 32.1 Å². The molecule has 3 aromatic rings. The fraction of sp³-hybridized carbons (Fsp3) is 0.364. The summed E-state index contributed by atoms with van der Waals surface area (Å²) < 4.78 is 33.2. The Bertz CT molecular complexity index is 1790. The second-order valence-corrected chi connectivity index (χ2v) is 13.6. The summed E-state index contributed by atoms with van der Waals surface area (Å²) in [6, 6.07) is 17.3. The number of carbonyl (C=O) groups excluding carboxylic acids is 3. The number of benzene rings is 3. The van der Waals surface area contributed by atoms with Gasteiger partial charge in [-0.15, -0.1) is 0 Å². The molecule has 0 fully saturated rings. The largest absolute Gasteiger partial charge is 0.453 e. The summed E-state index contributed by atoms with van der Waals surface area (Å²) in [5.41, 5.74) is 3.37. The van der Waals surface area contributed by atoms with Crippen molar-refractivity contribution in [2.24, 2.45) is 0 Å². The van der Waals surface area contributed by atoms with Crippen LogP contribution in [0.25, 0.3) is 0 Å². The van der Waals surface area contributed by atoms with Crippen LogP contribution in [-0.2, 0) is 37.4 Å². The zero-order chi connectivity index (χ0) is 35.9. The molecule has 1 aliphatic heterocycles. The van der Waals surface area contributed by atoms with E-state index in [0.29, 0.717) is 24.5 Å². The maximum atomic E-state index is 13.8. The number of nitro benzene ring substituents is 1. The second-order valence-electron chi connectivity index (χ2n) is 11.8. The Balaban J connectivity index is 1.56. The van der Waals surface area contributed by atoms with Gasteiger partial charge < -0.3 is 15.0 Å². The maximum Gasteiger partial charge on any atom is 0.411 e. The standard InChI is InChI=1S/C33H41N7O8S/c1-23(2)39(49(46,47)30-13-9-8-12-29(30)40(44)45)17-16-37(22-32(42)36(4)38-20-25-10-6-7-11-26(25)21-38)31(41)19-34-28-18-27(15-14-24(28)3)35-33(43)48-5/h6-15,18,23,34H,16-17,19-22H2,1-5H3,(H,35,43). The van der Waals surface area contributed by atoms with Crippen LogP contribution >= 0.6 is 0 Å². The molecule has 1 aliphatic rings. The first-order valence-corrected chi connectivity index (χ1v) is 17.0. The van der Waals surface area contributed by atoms with Gasteiger partial charge in [-0.2, -0.15) is 4.31 Å². The Hall–Kier alpha value is -5.06. The molecule has 4 rings (SSSR count). The van der Waals surface area contributed by atoms with Gasteiger partial charge >= 0.3 is 6.09 Å². The topological polar surface area (TPSA) is 175 Å². The van der Waals surface area contributed by atoms with Gasteiger partial charge in [-0.3, -0.25) is 30.0 Å². The van der Waals surface area contributed by atoms with E-state index in [1.165, 1.54) is 35.2 Å². The highest BCUT2D eigenvalue weighted by Crippen LogP contribution is 2.28. The van der Waals surface area contributed by atoms with Crippen LogP contribution in [0.5, 0.6) is 0 Å². The van der Waals surface area contributed by atoms with Crippen molar-refractivity contribution >= 4 is 45.0 Å². The summed E-state index contributed by atoms with van der Waals surface area (Å²) in [4.78, 5) is 50.8. The molecule has 0 aliphatic carbocycles. The molecular formula is C33H41N7O8S. The van der Waals surface area contributed by atoms with E-state index in [0.717, 1.165) is 27.1 Å². The number of hydrogen-bond acceptors (Lipinski definition) is 10. The molecule has 3 aromatic carbocycles. The normalized spacial score (nSPS) is 12.8. The van der Waals surface area contributed by atoms with Crippen LogP contribution in [0.2, 0.25) is 0 Å². The minimum atomic E-state index is -4.37. The molecule has 0 spiro atoms. The van der Waals surface area contributed by atoms with Gasteiger partial charge in [-0.1, -0.05) is 42.5 Å². The summed E-state index contributed by atoms with van der Waals surface area (Å²) in [5.74, 6) is -0.886. The average molecular weight is 696 g/mol. The van der Waals surface area contributed by atoms with Crippen LogP contribution in [0.1, 0.15) is 30.5 Å². The van der Waals surface area contributed by atoms with Crippen molar-refractivity contribution in [1.82, 2.24) is 19.2 Å². The number of rotatable bonds is 14. The SMILES string of the molecule is COC(=O)Nc1ccc(C)c(NCC(=O)N(CCN(C(C)C)S(=O)(=O)c2ccccc2[N+](=O)[O-])CC(=O)N(C)N2Cc3ccccc3C2)c1. The quantitative estimate of drug-likeness (QED) is 0.186. The number of methoxy groups -OCH3 is 1. The number of nitrogens with one attached hydrogen (secondary N) is 2. The fourth-order valence-electron chi connectivity index (χ4n) is 5.41. The van der Waals surface area contributed by atoms with Crippen molar-refractivity contribution in [3.63, 3.8) is 0 Å². The van der Waals surface area contributed by atoms with Crippen LogP contribution in [0.4, 0.5) is 21.9 Å². The number of ether oxygens (including phenoxy) is 1. The molecule has 49 heavy (non-hydrogen) atoms. The lowest BCUT2D eigenvalue weighted by molar-refractivity contribution is -0.387. The summed E-state index contributed by atoms with van der Waals surface area (Å²) in [7, 11) is -1.51. The van der Waals surface area contributed by atoms with E-state index < -0.39 is 43.6 Å². The molecule has 15 nitrogen and oxygen atoms in total. The number of nitrogens with zero attached hydrogens (tertiary/aromatic N) is 5. The summed E-state index contributed by atoms with van der Waals surface area (Å²) >= 11 is 0. The smallest absolute Gasteiger partial charge is 0.411 e. The lowest BCUT2D eigenvalue weighted by Gasteiger charge is -2.32. The van der Waals surface area contributed by atoms with E-state index >= 15 is 0 Å². The number of nitro groups is 1. The number of fused-ring (bicyclic) bond motifs is 1. The molecule has 0 aromatic heterocycles. The summed E-state index contributed by atoms with van der Waals surface area (Å²) in [6.07, 6.45) is -0.661. The van der Waals surface area contributed by atoms with Gasteiger partial charge in [0.05, 0.1) is 18.6 Å². The highest BCUT2D eigenvalue weighted by atomic mass is 32.2. The van der Waals surface area contributed by atoms with Crippen molar-refractivity contribution in [3.8, 4) is 0 Å². The Morgan fingerprint density at radius 3 is 2.22 bits per heavy atom.